The molecule has 0 radical (unpaired) electrons. The number of hydrogen-bond acceptors (Lipinski definition) is 5. The molecule has 29 heavy (non-hydrogen) atoms. The van der Waals surface area contributed by atoms with E-state index in [9.17, 15) is 12.8 Å². The normalized spacial score (nSPS) is 11.0. The summed E-state index contributed by atoms with van der Waals surface area (Å²) in [6.07, 6.45) is 0. The van der Waals surface area contributed by atoms with Gasteiger partial charge in [0.1, 0.15) is 5.82 Å². The molecule has 3 rings (SSSR count). The molecule has 0 fully saturated rings. The SMILES string of the molecule is O=S(=O)(Nc1ccc(Cl)nn1)c1ccc(NC(=S)Nc2ccc(F)c(Cl)c2)cc1. The van der Waals surface area contributed by atoms with Crippen LogP contribution < -0.4 is 15.4 Å². The van der Waals surface area contributed by atoms with Gasteiger partial charge in [-0.05, 0) is 66.8 Å². The minimum Gasteiger partial charge on any atom is -0.332 e. The number of hydrogen-bond donors (Lipinski definition) is 3. The van der Waals surface area contributed by atoms with E-state index < -0.39 is 15.8 Å². The first kappa shape index (κ1) is 21.2. The third-order valence-corrected chi connectivity index (χ3v) is 5.54. The van der Waals surface area contributed by atoms with Crippen LogP contribution in [0.3, 0.4) is 0 Å². The summed E-state index contributed by atoms with van der Waals surface area (Å²) in [6, 6.07) is 12.8. The van der Waals surface area contributed by atoms with Gasteiger partial charge >= 0.3 is 0 Å². The van der Waals surface area contributed by atoms with E-state index in [4.69, 9.17) is 35.4 Å². The molecule has 2 aromatic carbocycles. The van der Waals surface area contributed by atoms with Gasteiger partial charge in [-0.25, -0.2) is 12.8 Å². The van der Waals surface area contributed by atoms with Crippen molar-refractivity contribution in [3.8, 4) is 0 Å². The number of thiocarbonyl (C=S) groups is 1. The molecule has 0 unspecified atom stereocenters. The lowest BCUT2D eigenvalue weighted by atomic mass is 10.3. The second-order valence-electron chi connectivity index (χ2n) is 5.58. The number of halogens is 3. The molecule has 3 N–H and O–H groups in total. The molecule has 0 aliphatic heterocycles. The highest BCUT2D eigenvalue weighted by atomic mass is 35.5. The molecular formula is C17H12Cl2FN5O2S2. The van der Waals surface area contributed by atoms with Crippen LogP contribution in [0, 0.1) is 5.82 Å². The molecule has 3 aromatic rings. The van der Waals surface area contributed by atoms with Crippen molar-refractivity contribution >= 4 is 67.7 Å². The Morgan fingerprint density at radius 1 is 0.931 bits per heavy atom. The van der Waals surface area contributed by atoms with E-state index in [-0.39, 0.29) is 26.0 Å². The van der Waals surface area contributed by atoms with E-state index in [1.807, 2.05) is 0 Å². The smallest absolute Gasteiger partial charge is 0.263 e. The lowest BCUT2D eigenvalue weighted by Crippen LogP contribution is -2.19. The molecule has 12 heteroatoms. The number of aromatic nitrogens is 2. The van der Waals surface area contributed by atoms with Crippen molar-refractivity contribution in [3.05, 3.63) is 70.6 Å². The third kappa shape index (κ3) is 5.73. The maximum atomic E-state index is 13.2. The first-order valence-corrected chi connectivity index (χ1v) is 10.5. The van der Waals surface area contributed by atoms with Crippen LogP contribution in [0.4, 0.5) is 21.6 Å². The molecular weight excluding hydrogens is 460 g/mol. The van der Waals surface area contributed by atoms with Gasteiger partial charge in [-0.3, -0.25) is 4.72 Å². The largest absolute Gasteiger partial charge is 0.332 e. The molecule has 1 aromatic heterocycles. The average molecular weight is 472 g/mol. The predicted molar refractivity (Wildman–Crippen MR) is 116 cm³/mol. The van der Waals surface area contributed by atoms with Crippen molar-refractivity contribution in [1.82, 2.24) is 10.2 Å². The molecule has 7 nitrogen and oxygen atoms in total. The number of rotatable bonds is 5. The minimum absolute atomic E-state index is 0.0176. The van der Waals surface area contributed by atoms with Crippen molar-refractivity contribution < 1.29 is 12.8 Å². The second kappa shape index (κ2) is 8.87. The van der Waals surface area contributed by atoms with Gasteiger partial charge < -0.3 is 10.6 Å². The molecule has 0 bridgehead atoms. The Bertz CT molecular complexity index is 1140. The zero-order chi connectivity index (χ0) is 21.0. The van der Waals surface area contributed by atoms with Crippen molar-refractivity contribution in [3.63, 3.8) is 0 Å². The highest BCUT2D eigenvalue weighted by Gasteiger charge is 2.15. The van der Waals surface area contributed by atoms with Gasteiger partial charge in [0.05, 0.1) is 9.92 Å². The second-order valence-corrected chi connectivity index (χ2v) is 8.46. The summed E-state index contributed by atoms with van der Waals surface area (Å²) in [4.78, 5) is 0.0176. The van der Waals surface area contributed by atoms with E-state index in [0.29, 0.717) is 11.4 Å². The molecule has 1 heterocycles. The van der Waals surface area contributed by atoms with Crippen LogP contribution in [0.2, 0.25) is 10.2 Å². The van der Waals surface area contributed by atoms with Gasteiger partial charge in [-0.2, -0.15) is 0 Å². The van der Waals surface area contributed by atoms with E-state index >= 15 is 0 Å². The maximum absolute atomic E-state index is 13.2. The average Bonchev–Trinajstić information content (AvgIpc) is 2.67. The zero-order valence-electron chi connectivity index (χ0n) is 14.4. The first-order chi connectivity index (χ1) is 13.7. The number of nitrogens with zero attached hydrogens (tertiary/aromatic N) is 2. The lowest BCUT2D eigenvalue weighted by Gasteiger charge is -2.12. The van der Waals surface area contributed by atoms with Gasteiger partial charge in [-0.15, -0.1) is 10.2 Å². The molecule has 0 aliphatic carbocycles. The van der Waals surface area contributed by atoms with Crippen LogP contribution in [-0.2, 0) is 10.0 Å². The number of benzene rings is 2. The standard InChI is InChI=1S/C17H12Cl2FN5O2S2/c18-13-9-11(3-6-14(13)20)22-17(28)21-10-1-4-12(5-2-10)29(26,27)25-16-8-7-15(19)23-24-16/h1-9H,(H,24,25)(H2,21,22,28). The third-order valence-electron chi connectivity index (χ3n) is 3.47. The van der Waals surface area contributed by atoms with Crippen LogP contribution in [0.15, 0.2) is 59.5 Å². The van der Waals surface area contributed by atoms with Gasteiger partial charge in [0.25, 0.3) is 10.0 Å². The van der Waals surface area contributed by atoms with Crippen LogP contribution in [0.5, 0.6) is 0 Å². The van der Waals surface area contributed by atoms with Crippen LogP contribution in [0.1, 0.15) is 0 Å². The molecule has 0 saturated carbocycles. The summed E-state index contributed by atoms with van der Waals surface area (Å²) in [5, 5.41) is 13.3. The fourth-order valence-electron chi connectivity index (χ4n) is 2.15. The first-order valence-electron chi connectivity index (χ1n) is 7.88. The van der Waals surface area contributed by atoms with Gasteiger partial charge in [-0.1, -0.05) is 23.2 Å². The Labute approximate surface area is 181 Å². The van der Waals surface area contributed by atoms with E-state index in [1.54, 1.807) is 0 Å². The molecule has 0 saturated heterocycles. The number of nitrogens with one attached hydrogen (secondary N) is 3. The topological polar surface area (TPSA) is 96.0 Å². The summed E-state index contributed by atoms with van der Waals surface area (Å²) in [7, 11) is -3.85. The zero-order valence-corrected chi connectivity index (χ0v) is 17.5. The lowest BCUT2D eigenvalue weighted by molar-refractivity contribution is 0.601. The molecule has 0 atom stereocenters. The Hall–Kier alpha value is -2.53. The molecule has 150 valence electrons. The molecule has 0 amide bonds. The quantitative estimate of drug-likeness (QED) is 0.470. The van der Waals surface area contributed by atoms with E-state index in [0.717, 1.165) is 0 Å². The summed E-state index contributed by atoms with van der Waals surface area (Å²) >= 11 is 16.5. The summed E-state index contributed by atoms with van der Waals surface area (Å²) in [5.41, 5.74) is 1.04. The van der Waals surface area contributed by atoms with Crippen molar-refractivity contribution in [2.24, 2.45) is 0 Å². The Morgan fingerprint density at radius 3 is 2.21 bits per heavy atom. The fraction of sp³-hybridized carbons (Fsp3) is 0. The molecule has 0 aliphatic rings. The van der Waals surface area contributed by atoms with E-state index in [1.165, 1.54) is 54.6 Å². The highest BCUT2D eigenvalue weighted by molar-refractivity contribution is 7.92. The Morgan fingerprint density at radius 2 is 1.59 bits per heavy atom. The van der Waals surface area contributed by atoms with Crippen molar-refractivity contribution in [2.45, 2.75) is 4.90 Å². The van der Waals surface area contributed by atoms with Crippen LogP contribution in [0.25, 0.3) is 0 Å². The highest BCUT2D eigenvalue weighted by Crippen LogP contribution is 2.20. The summed E-state index contributed by atoms with van der Waals surface area (Å²) in [5.74, 6) is -0.494. The number of sulfonamides is 1. The van der Waals surface area contributed by atoms with Crippen molar-refractivity contribution in [1.29, 1.82) is 0 Å². The van der Waals surface area contributed by atoms with E-state index in [2.05, 4.69) is 25.6 Å². The fourth-order valence-corrected chi connectivity index (χ4v) is 3.67. The minimum atomic E-state index is -3.85. The predicted octanol–water partition coefficient (Wildman–Crippen LogP) is 4.53. The summed E-state index contributed by atoms with van der Waals surface area (Å²) in [6.45, 7) is 0. The maximum Gasteiger partial charge on any atom is 0.263 e. The Kier molecular flexibility index (Phi) is 6.48. The monoisotopic (exact) mass is 471 g/mol. The van der Waals surface area contributed by atoms with Gasteiger partial charge in [0.15, 0.2) is 16.1 Å². The van der Waals surface area contributed by atoms with Crippen molar-refractivity contribution in [2.75, 3.05) is 15.4 Å². The van der Waals surface area contributed by atoms with Gasteiger partial charge in [0.2, 0.25) is 0 Å². The van der Waals surface area contributed by atoms with Gasteiger partial charge in [0, 0.05) is 11.4 Å². The van der Waals surface area contributed by atoms with Crippen LogP contribution in [-0.4, -0.2) is 23.7 Å². The number of anilines is 3. The van der Waals surface area contributed by atoms with Crippen LogP contribution >= 0.6 is 35.4 Å². The summed E-state index contributed by atoms with van der Waals surface area (Å²) < 4.78 is 40.3. The Balaban J connectivity index is 1.65. The molecule has 0 spiro atoms.